The number of aromatic nitrogens is 2. The maximum absolute atomic E-state index is 13.5. The quantitative estimate of drug-likeness (QED) is 0.226. The van der Waals surface area contributed by atoms with Gasteiger partial charge in [-0.25, -0.2) is 4.79 Å². The molecule has 0 aliphatic carbocycles. The highest BCUT2D eigenvalue weighted by atomic mass is 35.6. The smallest absolute Gasteiger partial charge is 0.330 e. The molecule has 0 spiro atoms. The van der Waals surface area contributed by atoms with Gasteiger partial charge in [-0.3, -0.25) is 9.59 Å². The van der Waals surface area contributed by atoms with E-state index in [1.54, 1.807) is 13.8 Å². The fourth-order valence-electron chi connectivity index (χ4n) is 4.09. The van der Waals surface area contributed by atoms with Crippen LogP contribution < -0.4 is 5.32 Å². The second-order valence-corrected chi connectivity index (χ2v) is 13.7. The molecule has 2 aliphatic rings. The highest BCUT2D eigenvalue weighted by Gasteiger charge is 2.73. The molecule has 1 aromatic heterocycles. The Kier molecular flexibility index (Phi) is 7.40. The SMILES string of the molecule is Cc1nnc(C2(C)S[C@@H]3N(C(=O)C3(C=S)NC(=O)Cc3ccccc3)C2C(=O)OCC(Cl)(Cl)Cl)s1. The van der Waals surface area contributed by atoms with Crippen LogP contribution in [0.5, 0.6) is 0 Å². The minimum Gasteiger partial charge on any atom is -0.460 e. The fraction of sp³-hybridized carbons (Fsp3) is 0.429. The molecule has 0 radical (unpaired) electrons. The van der Waals surface area contributed by atoms with Crippen molar-refractivity contribution in [1.29, 1.82) is 0 Å². The first-order valence-electron chi connectivity index (χ1n) is 10.3. The molecule has 0 saturated carbocycles. The van der Waals surface area contributed by atoms with Gasteiger partial charge in [-0.1, -0.05) is 77.4 Å². The van der Waals surface area contributed by atoms with E-state index in [9.17, 15) is 14.4 Å². The minimum absolute atomic E-state index is 0.0675. The van der Waals surface area contributed by atoms with E-state index in [2.05, 4.69) is 15.5 Å². The minimum atomic E-state index is -1.82. The van der Waals surface area contributed by atoms with E-state index >= 15 is 0 Å². The van der Waals surface area contributed by atoms with Gasteiger partial charge in [0.2, 0.25) is 9.70 Å². The van der Waals surface area contributed by atoms with Crippen molar-refractivity contribution >= 4 is 93.3 Å². The number of ether oxygens (including phenoxy) is 1. The van der Waals surface area contributed by atoms with E-state index in [-0.39, 0.29) is 12.3 Å². The Morgan fingerprint density at radius 3 is 2.54 bits per heavy atom. The number of β-lactam (4-membered cyclic amide) rings is 1. The summed E-state index contributed by atoms with van der Waals surface area (Å²) < 4.78 is 2.41. The van der Waals surface area contributed by atoms with Gasteiger partial charge in [0.15, 0.2) is 11.6 Å². The zero-order valence-corrected chi connectivity index (χ0v) is 23.1. The van der Waals surface area contributed by atoms with Crippen molar-refractivity contribution in [3.63, 3.8) is 0 Å². The summed E-state index contributed by atoms with van der Waals surface area (Å²) in [6.07, 6.45) is 0.0675. The molecule has 2 aromatic rings. The Balaban J connectivity index is 1.64. The molecular formula is C21H19Cl3N4O4S3. The van der Waals surface area contributed by atoms with Crippen LogP contribution in [-0.2, 0) is 30.3 Å². The number of hydrogen-bond acceptors (Lipinski definition) is 9. The summed E-state index contributed by atoms with van der Waals surface area (Å²) in [7, 11) is 0. The van der Waals surface area contributed by atoms with Gasteiger partial charge in [0.25, 0.3) is 5.91 Å². The summed E-state index contributed by atoms with van der Waals surface area (Å²) in [5.41, 5.74) is -0.688. The van der Waals surface area contributed by atoms with Crippen LogP contribution in [0, 0.1) is 6.92 Å². The van der Waals surface area contributed by atoms with Crippen LogP contribution in [0.2, 0.25) is 0 Å². The number of rotatable bonds is 7. The number of aryl methyl sites for hydroxylation is 1. The predicted octanol–water partition coefficient (Wildman–Crippen LogP) is 3.36. The third kappa shape index (κ3) is 4.91. The number of carbonyl (C=O) groups excluding carboxylic acids is 3. The van der Waals surface area contributed by atoms with E-state index < -0.39 is 44.0 Å². The summed E-state index contributed by atoms with van der Waals surface area (Å²) in [6, 6.07) is 8.02. The molecule has 4 atom stereocenters. The van der Waals surface area contributed by atoms with E-state index in [0.717, 1.165) is 5.56 Å². The van der Waals surface area contributed by atoms with Crippen molar-refractivity contribution in [3.05, 3.63) is 45.9 Å². The second kappa shape index (κ2) is 9.75. The Hall–Kier alpha value is -1.50. The number of amides is 2. The molecule has 35 heavy (non-hydrogen) atoms. The van der Waals surface area contributed by atoms with Gasteiger partial charge < -0.3 is 15.0 Å². The molecule has 2 amide bonds. The first-order valence-corrected chi connectivity index (χ1v) is 13.6. The number of nitrogens with one attached hydrogen (secondary N) is 1. The molecule has 2 aliphatic heterocycles. The van der Waals surface area contributed by atoms with Crippen molar-refractivity contribution in [2.75, 3.05) is 6.61 Å². The van der Waals surface area contributed by atoms with Crippen LogP contribution in [0.4, 0.5) is 0 Å². The van der Waals surface area contributed by atoms with E-state index in [1.807, 2.05) is 30.3 Å². The molecule has 1 N–H and O–H groups in total. The summed E-state index contributed by atoms with van der Waals surface area (Å²) in [5, 5.41) is 12.9. The largest absolute Gasteiger partial charge is 0.460 e. The average molecular weight is 594 g/mol. The maximum Gasteiger partial charge on any atom is 0.330 e. The molecule has 14 heteroatoms. The Morgan fingerprint density at radius 1 is 1.29 bits per heavy atom. The molecule has 186 valence electrons. The molecule has 4 rings (SSSR count). The molecular weight excluding hydrogens is 575 g/mol. The second-order valence-electron chi connectivity index (χ2n) is 8.24. The maximum atomic E-state index is 13.5. The number of benzene rings is 1. The molecule has 0 bridgehead atoms. The summed E-state index contributed by atoms with van der Waals surface area (Å²) >= 11 is 25.1. The van der Waals surface area contributed by atoms with Gasteiger partial charge >= 0.3 is 5.97 Å². The van der Waals surface area contributed by atoms with Crippen LogP contribution in [0.1, 0.15) is 22.5 Å². The van der Waals surface area contributed by atoms with Crippen LogP contribution >= 0.6 is 70.1 Å². The first kappa shape index (κ1) is 26.6. The van der Waals surface area contributed by atoms with E-state index in [1.165, 1.54) is 33.4 Å². The van der Waals surface area contributed by atoms with Crippen LogP contribution in [-0.4, -0.2) is 65.6 Å². The zero-order chi connectivity index (χ0) is 25.6. The number of nitrogens with zero attached hydrogens (tertiary/aromatic N) is 3. The lowest BCUT2D eigenvalue weighted by Gasteiger charge is -2.51. The number of carbonyl (C=O) groups is 3. The summed E-state index contributed by atoms with van der Waals surface area (Å²) in [5.74, 6) is -1.66. The topological polar surface area (TPSA) is 101 Å². The molecule has 2 saturated heterocycles. The Bertz CT molecular complexity index is 1180. The molecule has 1 aromatic carbocycles. The molecule has 2 fully saturated rings. The number of hydrogen-bond donors (Lipinski definition) is 1. The normalized spacial score (nSPS) is 27.7. The Labute approximate surface area is 230 Å². The third-order valence-electron chi connectivity index (χ3n) is 5.68. The average Bonchev–Trinajstić information content (AvgIpc) is 3.37. The summed E-state index contributed by atoms with van der Waals surface area (Å²) in [6.45, 7) is 3.05. The van der Waals surface area contributed by atoms with Crippen molar-refractivity contribution < 1.29 is 19.1 Å². The van der Waals surface area contributed by atoms with Crippen molar-refractivity contribution in [3.8, 4) is 0 Å². The Morgan fingerprint density at radius 2 is 1.97 bits per heavy atom. The van der Waals surface area contributed by atoms with E-state index in [4.69, 9.17) is 51.8 Å². The van der Waals surface area contributed by atoms with Crippen molar-refractivity contribution in [2.45, 2.75) is 45.8 Å². The molecule has 3 unspecified atom stereocenters. The lowest BCUT2D eigenvalue weighted by Crippen LogP contribution is -2.80. The predicted molar refractivity (Wildman–Crippen MR) is 140 cm³/mol. The number of halogens is 3. The van der Waals surface area contributed by atoms with Gasteiger partial charge in [0.05, 0.1) is 6.42 Å². The van der Waals surface area contributed by atoms with Crippen molar-refractivity contribution in [2.24, 2.45) is 0 Å². The highest BCUT2D eigenvalue weighted by Crippen LogP contribution is 2.59. The van der Waals surface area contributed by atoms with Crippen LogP contribution in [0.3, 0.4) is 0 Å². The van der Waals surface area contributed by atoms with Gasteiger partial charge in [0.1, 0.15) is 26.7 Å². The van der Waals surface area contributed by atoms with Gasteiger partial charge in [-0.15, -0.1) is 33.3 Å². The lowest BCUT2D eigenvalue weighted by atomic mass is 9.85. The highest BCUT2D eigenvalue weighted by molar-refractivity contribution is 8.01. The number of thioether (sulfide) groups is 1. The first-order chi connectivity index (χ1) is 16.4. The number of thiocarbonyl (C=S) groups is 1. The van der Waals surface area contributed by atoms with E-state index in [0.29, 0.717) is 10.0 Å². The van der Waals surface area contributed by atoms with Crippen LogP contribution in [0.25, 0.3) is 0 Å². The van der Waals surface area contributed by atoms with Crippen LogP contribution in [0.15, 0.2) is 30.3 Å². The number of esters is 1. The standard InChI is InChI=1S/C21H19Cl3N4O4S3/c1-11-26-27-16(34-11)19(2)14(15(30)32-9-21(22,23)24)28-17(31)20(10-33,18(28)35-19)25-13(29)8-12-6-4-3-5-7-12/h3-7,10,14,18H,8-9H2,1-2H3,(H,25,29)/t14?,18-,19?,20?/m0/s1. The zero-order valence-electron chi connectivity index (χ0n) is 18.4. The molecule has 8 nitrogen and oxygen atoms in total. The third-order valence-corrected chi connectivity index (χ3v) is 9.31. The number of alkyl halides is 3. The van der Waals surface area contributed by atoms with Gasteiger partial charge in [-0.2, -0.15) is 0 Å². The van der Waals surface area contributed by atoms with Gasteiger partial charge in [-0.05, 0) is 19.4 Å². The van der Waals surface area contributed by atoms with Crippen molar-refractivity contribution in [1.82, 2.24) is 20.4 Å². The van der Waals surface area contributed by atoms with Gasteiger partial charge in [0, 0.05) is 5.37 Å². The molecule has 3 heterocycles. The lowest BCUT2D eigenvalue weighted by molar-refractivity contribution is -0.167. The number of fused-ring (bicyclic) bond motifs is 1. The fourth-order valence-corrected chi connectivity index (χ4v) is 7.34. The summed E-state index contributed by atoms with van der Waals surface area (Å²) in [4.78, 5) is 40.9. The monoisotopic (exact) mass is 592 g/mol.